The van der Waals surface area contributed by atoms with Crippen LogP contribution in [0.3, 0.4) is 0 Å². The van der Waals surface area contributed by atoms with Crippen LogP contribution < -0.4 is 0 Å². The largest absolute Gasteiger partial charge is 0.433 e. The standard InChI is InChI=1S/C17H16ClN5O3S/c1-2-3-15-20-21-17(27-11-12-4-6-13(18)7-5-12)22(15)19-10-14-8-9-16(26-14)23(24)25/h4-10H,2-3,11H2,1H3/b19-10+. The van der Waals surface area contributed by atoms with Gasteiger partial charge in [-0.15, -0.1) is 10.2 Å². The van der Waals surface area contributed by atoms with E-state index in [-0.39, 0.29) is 11.6 Å². The number of benzene rings is 1. The molecular weight excluding hydrogens is 390 g/mol. The van der Waals surface area contributed by atoms with Crippen molar-refractivity contribution in [3.63, 3.8) is 0 Å². The maximum absolute atomic E-state index is 10.7. The molecule has 2 heterocycles. The van der Waals surface area contributed by atoms with E-state index >= 15 is 0 Å². The first-order chi connectivity index (χ1) is 13.1. The van der Waals surface area contributed by atoms with Gasteiger partial charge in [0.15, 0.2) is 11.6 Å². The molecule has 3 rings (SSSR count). The monoisotopic (exact) mass is 405 g/mol. The van der Waals surface area contributed by atoms with Crippen LogP contribution in [0.15, 0.2) is 51.1 Å². The zero-order valence-electron chi connectivity index (χ0n) is 14.4. The molecule has 0 amide bonds. The molecule has 27 heavy (non-hydrogen) atoms. The van der Waals surface area contributed by atoms with Gasteiger partial charge in [0, 0.05) is 17.2 Å². The molecule has 0 bridgehead atoms. The second kappa shape index (κ2) is 8.83. The maximum Gasteiger partial charge on any atom is 0.433 e. The van der Waals surface area contributed by atoms with Gasteiger partial charge in [-0.05, 0) is 30.2 Å². The van der Waals surface area contributed by atoms with E-state index in [2.05, 4.69) is 15.3 Å². The van der Waals surface area contributed by atoms with Gasteiger partial charge in [-0.2, -0.15) is 9.78 Å². The Morgan fingerprint density at radius 2 is 2.07 bits per heavy atom. The van der Waals surface area contributed by atoms with Gasteiger partial charge < -0.3 is 4.42 Å². The Labute approximate surface area is 164 Å². The van der Waals surface area contributed by atoms with Crippen LogP contribution in [0.25, 0.3) is 0 Å². The first-order valence-corrected chi connectivity index (χ1v) is 9.53. The second-order valence-corrected chi connectivity index (χ2v) is 6.93. The molecule has 2 aromatic heterocycles. The molecule has 0 fully saturated rings. The topological polar surface area (TPSA) is 99.3 Å². The number of hydrogen-bond acceptors (Lipinski definition) is 7. The van der Waals surface area contributed by atoms with E-state index < -0.39 is 4.92 Å². The van der Waals surface area contributed by atoms with Gasteiger partial charge >= 0.3 is 5.88 Å². The minimum Gasteiger partial charge on any atom is -0.400 e. The number of thioether (sulfide) groups is 1. The molecule has 1 aromatic carbocycles. The first-order valence-electron chi connectivity index (χ1n) is 8.17. The number of nitro groups is 1. The van der Waals surface area contributed by atoms with Crippen molar-refractivity contribution in [3.8, 4) is 0 Å². The van der Waals surface area contributed by atoms with E-state index in [1.807, 2.05) is 31.2 Å². The summed E-state index contributed by atoms with van der Waals surface area (Å²) in [5, 5.41) is 24.8. The SMILES string of the molecule is CCCc1nnc(SCc2ccc(Cl)cc2)n1/N=C/c1ccc([N+](=O)[O-])o1. The highest BCUT2D eigenvalue weighted by atomic mass is 35.5. The molecule has 0 aliphatic rings. The number of nitrogens with zero attached hydrogens (tertiary/aromatic N) is 5. The minimum atomic E-state index is -0.591. The van der Waals surface area contributed by atoms with Gasteiger partial charge in [0.25, 0.3) is 0 Å². The van der Waals surface area contributed by atoms with Gasteiger partial charge in [0.1, 0.15) is 4.92 Å². The molecule has 10 heteroatoms. The maximum atomic E-state index is 10.7. The average molecular weight is 406 g/mol. The van der Waals surface area contributed by atoms with Crippen LogP contribution in [0.5, 0.6) is 0 Å². The first kappa shape index (κ1) is 19.1. The normalized spacial score (nSPS) is 11.3. The third-order valence-electron chi connectivity index (χ3n) is 3.52. The predicted octanol–water partition coefficient (Wildman–Crippen LogP) is 4.56. The van der Waals surface area contributed by atoms with Gasteiger partial charge in [-0.3, -0.25) is 10.1 Å². The van der Waals surface area contributed by atoms with E-state index in [1.165, 1.54) is 30.1 Å². The quantitative estimate of drug-likeness (QED) is 0.236. The highest BCUT2D eigenvalue weighted by Crippen LogP contribution is 2.23. The van der Waals surface area contributed by atoms with Crippen LogP contribution in [-0.2, 0) is 12.2 Å². The highest BCUT2D eigenvalue weighted by Gasteiger charge is 2.13. The average Bonchev–Trinajstić information content (AvgIpc) is 3.27. The fourth-order valence-electron chi connectivity index (χ4n) is 2.23. The number of hydrogen-bond donors (Lipinski definition) is 0. The zero-order chi connectivity index (χ0) is 19.2. The zero-order valence-corrected chi connectivity index (χ0v) is 16.0. The lowest BCUT2D eigenvalue weighted by Crippen LogP contribution is -2.00. The second-order valence-electron chi connectivity index (χ2n) is 5.55. The molecule has 0 unspecified atom stereocenters. The summed E-state index contributed by atoms with van der Waals surface area (Å²) < 4.78 is 6.74. The Morgan fingerprint density at radius 1 is 1.30 bits per heavy atom. The number of aromatic nitrogens is 3. The summed E-state index contributed by atoms with van der Waals surface area (Å²) >= 11 is 7.40. The lowest BCUT2D eigenvalue weighted by Gasteiger charge is -2.04. The number of aryl methyl sites for hydroxylation is 1. The molecule has 0 N–H and O–H groups in total. The van der Waals surface area contributed by atoms with Crippen LogP contribution in [0, 0.1) is 10.1 Å². The van der Waals surface area contributed by atoms with Crippen molar-refractivity contribution in [3.05, 3.63) is 68.7 Å². The molecule has 0 aliphatic heterocycles. The lowest BCUT2D eigenvalue weighted by molar-refractivity contribution is -0.402. The van der Waals surface area contributed by atoms with E-state index in [1.54, 1.807) is 4.68 Å². The summed E-state index contributed by atoms with van der Waals surface area (Å²) in [5.74, 6) is 1.36. The number of furan rings is 1. The molecular formula is C17H16ClN5O3S. The van der Waals surface area contributed by atoms with E-state index in [0.29, 0.717) is 28.2 Å². The summed E-state index contributed by atoms with van der Waals surface area (Å²) in [5.41, 5.74) is 1.10. The molecule has 0 saturated heterocycles. The number of halogens is 1. The molecule has 8 nitrogen and oxygen atoms in total. The van der Waals surface area contributed by atoms with E-state index in [9.17, 15) is 10.1 Å². The van der Waals surface area contributed by atoms with Crippen molar-refractivity contribution in [2.75, 3.05) is 0 Å². The Bertz CT molecular complexity index is 952. The summed E-state index contributed by atoms with van der Waals surface area (Å²) in [4.78, 5) is 10.1. The van der Waals surface area contributed by atoms with Crippen LogP contribution in [-0.4, -0.2) is 26.0 Å². The molecule has 140 valence electrons. The van der Waals surface area contributed by atoms with Crippen molar-refractivity contribution in [1.82, 2.24) is 14.9 Å². The van der Waals surface area contributed by atoms with E-state index in [4.69, 9.17) is 16.0 Å². The number of rotatable bonds is 8. The van der Waals surface area contributed by atoms with Gasteiger partial charge in [0.2, 0.25) is 5.16 Å². The summed E-state index contributed by atoms with van der Waals surface area (Å²) in [6, 6.07) is 10.4. The molecule has 0 radical (unpaired) electrons. The summed E-state index contributed by atoms with van der Waals surface area (Å²) in [7, 11) is 0. The van der Waals surface area contributed by atoms with Crippen molar-refractivity contribution >= 4 is 35.5 Å². The van der Waals surface area contributed by atoms with Crippen LogP contribution in [0.2, 0.25) is 5.02 Å². The molecule has 3 aromatic rings. The third-order valence-corrected chi connectivity index (χ3v) is 4.77. The van der Waals surface area contributed by atoms with Crippen molar-refractivity contribution in [2.45, 2.75) is 30.7 Å². The van der Waals surface area contributed by atoms with Gasteiger partial charge in [-0.25, -0.2) is 0 Å². The van der Waals surface area contributed by atoms with Gasteiger partial charge in [0.05, 0.1) is 12.3 Å². The Hall–Kier alpha value is -2.65. The van der Waals surface area contributed by atoms with Gasteiger partial charge in [-0.1, -0.05) is 42.4 Å². The fraction of sp³-hybridized carbons (Fsp3) is 0.235. The molecule has 0 spiro atoms. The third kappa shape index (κ3) is 4.95. The Morgan fingerprint density at radius 3 is 2.74 bits per heavy atom. The van der Waals surface area contributed by atoms with Crippen molar-refractivity contribution < 1.29 is 9.34 Å². The minimum absolute atomic E-state index is 0.284. The smallest absolute Gasteiger partial charge is 0.400 e. The lowest BCUT2D eigenvalue weighted by atomic mass is 10.2. The van der Waals surface area contributed by atoms with E-state index in [0.717, 1.165) is 12.0 Å². The molecule has 0 saturated carbocycles. The van der Waals surface area contributed by atoms with Crippen LogP contribution >= 0.6 is 23.4 Å². The Kier molecular flexibility index (Phi) is 6.25. The van der Waals surface area contributed by atoms with Crippen LogP contribution in [0.4, 0.5) is 5.88 Å². The van der Waals surface area contributed by atoms with Crippen LogP contribution in [0.1, 0.15) is 30.5 Å². The summed E-state index contributed by atoms with van der Waals surface area (Å²) in [6.45, 7) is 2.04. The summed E-state index contributed by atoms with van der Waals surface area (Å²) in [6.07, 6.45) is 3.02. The molecule has 0 atom stereocenters. The Balaban J connectivity index is 1.79. The molecule has 0 aliphatic carbocycles. The fourth-order valence-corrected chi connectivity index (χ4v) is 3.22. The predicted molar refractivity (Wildman–Crippen MR) is 103 cm³/mol. The highest BCUT2D eigenvalue weighted by molar-refractivity contribution is 7.98. The van der Waals surface area contributed by atoms with Crippen molar-refractivity contribution in [2.24, 2.45) is 5.10 Å². The van der Waals surface area contributed by atoms with Crippen molar-refractivity contribution in [1.29, 1.82) is 0 Å².